The van der Waals surface area contributed by atoms with Crippen LogP contribution in [0.4, 0.5) is 0 Å². The number of hydrogen-bond donors (Lipinski definition) is 1. The Bertz CT molecular complexity index is 236. The molecule has 0 radical (unpaired) electrons. The molecule has 1 saturated carbocycles. The van der Waals surface area contributed by atoms with Crippen LogP contribution in [0.15, 0.2) is 0 Å². The maximum Gasteiger partial charge on any atom is 0.321 e. The first-order chi connectivity index (χ1) is 6.10. The zero-order valence-corrected chi connectivity index (χ0v) is 7.92. The second-order valence-electron chi connectivity index (χ2n) is 4.12. The molecule has 0 heterocycles. The lowest BCUT2D eigenvalue weighted by atomic mass is 9.68. The summed E-state index contributed by atoms with van der Waals surface area (Å²) in [6, 6.07) is 1.91. The number of nitriles is 1. The van der Waals surface area contributed by atoms with Gasteiger partial charge in [-0.15, -0.1) is 0 Å². The minimum Gasteiger partial charge on any atom is -0.480 e. The Morgan fingerprint density at radius 2 is 2.00 bits per heavy atom. The SMILES string of the molecule is CC1(C(C#N)C(=O)O)CCCCC1. The van der Waals surface area contributed by atoms with Crippen molar-refractivity contribution in [3.05, 3.63) is 0 Å². The topological polar surface area (TPSA) is 61.1 Å². The lowest BCUT2D eigenvalue weighted by Crippen LogP contribution is -2.34. The summed E-state index contributed by atoms with van der Waals surface area (Å²) in [5, 5.41) is 17.7. The predicted octanol–water partition coefficient (Wildman–Crippen LogP) is 2.18. The number of rotatable bonds is 2. The summed E-state index contributed by atoms with van der Waals surface area (Å²) in [5.41, 5.74) is -0.293. The van der Waals surface area contributed by atoms with Gasteiger partial charge in [-0.2, -0.15) is 5.26 Å². The molecular weight excluding hydrogens is 166 g/mol. The van der Waals surface area contributed by atoms with Gasteiger partial charge in [-0.1, -0.05) is 26.2 Å². The van der Waals surface area contributed by atoms with Crippen molar-refractivity contribution in [1.82, 2.24) is 0 Å². The summed E-state index contributed by atoms with van der Waals surface area (Å²) < 4.78 is 0. The molecule has 0 aromatic rings. The average Bonchev–Trinajstić information content (AvgIpc) is 2.05. The molecule has 0 spiro atoms. The summed E-state index contributed by atoms with van der Waals surface area (Å²) in [5.74, 6) is -1.79. The highest BCUT2D eigenvalue weighted by atomic mass is 16.4. The highest BCUT2D eigenvalue weighted by Crippen LogP contribution is 2.41. The number of hydrogen-bond acceptors (Lipinski definition) is 2. The first kappa shape index (κ1) is 10.0. The monoisotopic (exact) mass is 181 g/mol. The van der Waals surface area contributed by atoms with E-state index in [-0.39, 0.29) is 5.41 Å². The van der Waals surface area contributed by atoms with Crippen LogP contribution in [0.2, 0.25) is 0 Å². The van der Waals surface area contributed by atoms with Crippen molar-refractivity contribution < 1.29 is 9.90 Å². The van der Waals surface area contributed by atoms with Gasteiger partial charge in [-0.3, -0.25) is 4.79 Å². The van der Waals surface area contributed by atoms with Crippen LogP contribution in [0.25, 0.3) is 0 Å². The van der Waals surface area contributed by atoms with E-state index in [1.165, 1.54) is 6.42 Å². The van der Waals surface area contributed by atoms with Crippen LogP contribution in [0.3, 0.4) is 0 Å². The second-order valence-corrected chi connectivity index (χ2v) is 4.12. The van der Waals surface area contributed by atoms with Crippen LogP contribution in [-0.2, 0) is 4.79 Å². The molecule has 1 N–H and O–H groups in total. The van der Waals surface area contributed by atoms with Gasteiger partial charge in [0.05, 0.1) is 6.07 Å². The molecule has 1 fully saturated rings. The van der Waals surface area contributed by atoms with Crippen molar-refractivity contribution in [3.63, 3.8) is 0 Å². The van der Waals surface area contributed by atoms with E-state index in [0.29, 0.717) is 0 Å². The van der Waals surface area contributed by atoms with Crippen LogP contribution < -0.4 is 0 Å². The lowest BCUT2D eigenvalue weighted by Gasteiger charge is -2.35. The van der Waals surface area contributed by atoms with Crippen LogP contribution in [0.5, 0.6) is 0 Å². The van der Waals surface area contributed by atoms with E-state index in [1.54, 1.807) is 0 Å². The molecule has 0 saturated heterocycles. The highest BCUT2D eigenvalue weighted by molar-refractivity contribution is 5.74. The standard InChI is InChI=1S/C10H15NO2/c1-10(5-3-2-4-6-10)8(7-11)9(12)13/h8H,2-6H2,1H3,(H,12,13). The summed E-state index contributed by atoms with van der Waals surface area (Å²) in [4.78, 5) is 10.8. The molecule has 0 aromatic carbocycles. The van der Waals surface area contributed by atoms with Crippen molar-refractivity contribution in [2.45, 2.75) is 39.0 Å². The molecule has 0 amide bonds. The molecule has 0 bridgehead atoms. The van der Waals surface area contributed by atoms with Crippen LogP contribution in [0.1, 0.15) is 39.0 Å². The van der Waals surface area contributed by atoms with Gasteiger partial charge < -0.3 is 5.11 Å². The normalized spacial score (nSPS) is 23.1. The zero-order valence-electron chi connectivity index (χ0n) is 7.92. The van der Waals surface area contributed by atoms with E-state index in [9.17, 15) is 4.79 Å². The van der Waals surface area contributed by atoms with Gasteiger partial charge in [-0.05, 0) is 18.3 Å². The number of carbonyl (C=O) groups is 1. The van der Waals surface area contributed by atoms with Gasteiger partial charge >= 0.3 is 5.97 Å². The van der Waals surface area contributed by atoms with Crippen LogP contribution in [-0.4, -0.2) is 11.1 Å². The molecule has 72 valence electrons. The third-order valence-corrected chi connectivity index (χ3v) is 3.07. The van der Waals surface area contributed by atoms with E-state index in [0.717, 1.165) is 25.7 Å². The molecule has 0 aliphatic heterocycles. The lowest BCUT2D eigenvalue weighted by molar-refractivity contribution is -0.144. The fourth-order valence-corrected chi connectivity index (χ4v) is 2.16. The first-order valence-corrected chi connectivity index (χ1v) is 4.72. The molecule has 1 atom stereocenters. The van der Waals surface area contributed by atoms with E-state index < -0.39 is 11.9 Å². The first-order valence-electron chi connectivity index (χ1n) is 4.72. The second kappa shape index (κ2) is 3.78. The Kier molecular flexibility index (Phi) is 2.92. The van der Waals surface area contributed by atoms with E-state index in [2.05, 4.69) is 0 Å². The highest BCUT2D eigenvalue weighted by Gasteiger charge is 2.40. The zero-order chi connectivity index (χ0) is 9.90. The Hall–Kier alpha value is -1.04. The molecule has 3 heteroatoms. The van der Waals surface area contributed by atoms with Gasteiger partial charge in [-0.25, -0.2) is 0 Å². The minimum atomic E-state index is -0.966. The molecule has 1 aliphatic carbocycles. The van der Waals surface area contributed by atoms with Gasteiger partial charge in [0.2, 0.25) is 0 Å². The van der Waals surface area contributed by atoms with Gasteiger partial charge in [0.1, 0.15) is 5.92 Å². The van der Waals surface area contributed by atoms with Crippen LogP contribution in [0, 0.1) is 22.7 Å². The van der Waals surface area contributed by atoms with Crippen molar-refractivity contribution >= 4 is 5.97 Å². The Morgan fingerprint density at radius 1 is 1.46 bits per heavy atom. The fourth-order valence-electron chi connectivity index (χ4n) is 2.16. The Balaban J connectivity index is 2.76. The number of carboxylic acids is 1. The van der Waals surface area contributed by atoms with Gasteiger partial charge in [0.25, 0.3) is 0 Å². The van der Waals surface area contributed by atoms with Gasteiger partial charge in [0, 0.05) is 0 Å². The molecular formula is C10H15NO2. The molecule has 3 nitrogen and oxygen atoms in total. The van der Waals surface area contributed by atoms with Crippen molar-refractivity contribution in [3.8, 4) is 6.07 Å². The number of aliphatic carboxylic acids is 1. The van der Waals surface area contributed by atoms with E-state index in [1.807, 2.05) is 13.0 Å². The van der Waals surface area contributed by atoms with Crippen LogP contribution >= 0.6 is 0 Å². The van der Waals surface area contributed by atoms with Gasteiger partial charge in [0.15, 0.2) is 0 Å². The van der Waals surface area contributed by atoms with Crippen molar-refractivity contribution in [1.29, 1.82) is 5.26 Å². The van der Waals surface area contributed by atoms with Crippen molar-refractivity contribution in [2.75, 3.05) is 0 Å². The smallest absolute Gasteiger partial charge is 0.321 e. The maximum absolute atomic E-state index is 10.8. The maximum atomic E-state index is 10.8. The molecule has 0 aromatic heterocycles. The third-order valence-electron chi connectivity index (χ3n) is 3.07. The van der Waals surface area contributed by atoms with E-state index in [4.69, 9.17) is 10.4 Å². The third kappa shape index (κ3) is 2.00. The molecule has 1 unspecified atom stereocenters. The average molecular weight is 181 g/mol. The summed E-state index contributed by atoms with van der Waals surface area (Å²) in [7, 11) is 0. The molecule has 1 rings (SSSR count). The summed E-state index contributed by atoms with van der Waals surface area (Å²) >= 11 is 0. The van der Waals surface area contributed by atoms with Crippen molar-refractivity contribution in [2.24, 2.45) is 11.3 Å². The minimum absolute atomic E-state index is 0.293. The van der Waals surface area contributed by atoms with E-state index >= 15 is 0 Å². The summed E-state index contributed by atoms with van der Waals surface area (Å²) in [6.45, 7) is 1.92. The molecule has 1 aliphatic rings. The Labute approximate surface area is 78.4 Å². The quantitative estimate of drug-likeness (QED) is 0.710. The largest absolute Gasteiger partial charge is 0.480 e. The number of carboxylic acid groups (broad SMARTS) is 1. The number of nitrogens with zero attached hydrogens (tertiary/aromatic N) is 1. The fraction of sp³-hybridized carbons (Fsp3) is 0.800. The summed E-state index contributed by atoms with van der Waals surface area (Å²) in [6.07, 6.45) is 5.03. The predicted molar refractivity (Wildman–Crippen MR) is 47.9 cm³/mol. The molecule has 13 heavy (non-hydrogen) atoms. The Morgan fingerprint density at radius 3 is 2.38 bits per heavy atom.